The molecule has 2 atom stereocenters. The number of carbonyl (C=O) groups is 5. The summed E-state index contributed by atoms with van der Waals surface area (Å²) in [5, 5.41) is 28.2. The zero-order chi connectivity index (χ0) is 32.7. The molecule has 44 heavy (non-hydrogen) atoms. The van der Waals surface area contributed by atoms with Gasteiger partial charge in [-0.3, -0.25) is 28.9 Å². The summed E-state index contributed by atoms with van der Waals surface area (Å²) >= 11 is 0. The van der Waals surface area contributed by atoms with Crippen molar-refractivity contribution in [1.82, 2.24) is 14.9 Å². The molecule has 0 aliphatic carbocycles. The highest BCUT2D eigenvalue weighted by Gasteiger charge is 2.37. The van der Waals surface area contributed by atoms with E-state index in [1.165, 1.54) is 6.07 Å². The minimum absolute atomic E-state index is 0.247. The zero-order valence-corrected chi connectivity index (χ0v) is 23.9. The maximum Gasteiger partial charge on any atom is 0.326 e. The fraction of sp³-hybridized carbons (Fsp3) is 0.345. The van der Waals surface area contributed by atoms with Crippen LogP contribution in [-0.2, 0) is 25.7 Å². The van der Waals surface area contributed by atoms with Crippen molar-refractivity contribution in [3.8, 4) is 0 Å². The van der Waals surface area contributed by atoms with Crippen LogP contribution in [0.4, 0.5) is 10.1 Å². The Kier molecular flexibility index (Phi) is 10.9. The number of anilines is 1. The first kappa shape index (κ1) is 33.3. The largest absolute Gasteiger partial charge is 0.481 e. The molecular formula is C29H32FN5O9. The van der Waals surface area contributed by atoms with Crippen molar-refractivity contribution in [2.45, 2.75) is 58.2 Å². The lowest BCUT2D eigenvalue weighted by Crippen LogP contribution is -2.49. The van der Waals surface area contributed by atoms with Crippen molar-refractivity contribution >= 4 is 46.3 Å². The Morgan fingerprint density at radius 1 is 1.00 bits per heavy atom. The third kappa shape index (κ3) is 8.01. The number of carboxylic acid groups (broad SMARTS) is 3. The Morgan fingerprint density at radius 3 is 2.30 bits per heavy atom. The Hall–Kier alpha value is -5.18. The summed E-state index contributed by atoms with van der Waals surface area (Å²) in [5.41, 5.74) is 6.04. The van der Waals surface area contributed by atoms with Gasteiger partial charge in [0, 0.05) is 31.6 Å². The van der Waals surface area contributed by atoms with Gasteiger partial charge in [0.05, 0.1) is 16.5 Å². The minimum Gasteiger partial charge on any atom is -0.481 e. The normalized spacial score (nSPS) is 12.4. The van der Waals surface area contributed by atoms with Gasteiger partial charge >= 0.3 is 17.9 Å². The molecule has 0 saturated carbocycles. The van der Waals surface area contributed by atoms with E-state index in [9.17, 15) is 33.9 Å². The molecular weight excluding hydrogens is 581 g/mol. The number of halogens is 1. The number of H-pyrrole nitrogens is 1. The maximum absolute atomic E-state index is 15.5. The lowest BCUT2D eigenvalue weighted by molar-refractivity contribution is -0.149. The van der Waals surface area contributed by atoms with Gasteiger partial charge in [-0.25, -0.2) is 14.2 Å². The lowest BCUT2D eigenvalue weighted by Gasteiger charge is -2.28. The van der Waals surface area contributed by atoms with Crippen LogP contribution in [0.5, 0.6) is 0 Å². The number of nitrogens with two attached hydrogens (primary N) is 1. The zero-order valence-electron chi connectivity index (χ0n) is 23.9. The molecule has 2 amide bonds. The summed E-state index contributed by atoms with van der Waals surface area (Å²) < 4.78 is 15.5. The molecule has 0 radical (unpaired) electrons. The summed E-state index contributed by atoms with van der Waals surface area (Å²) in [6.07, 6.45) is -2.50. The summed E-state index contributed by atoms with van der Waals surface area (Å²) in [6.45, 7) is 4.10. The van der Waals surface area contributed by atoms with Gasteiger partial charge in [-0.2, -0.15) is 0 Å². The van der Waals surface area contributed by atoms with Crippen molar-refractivity contribution in [2.24, 2.45) is 5.73 Å². The number of nitrogens with one attached hydrogen (secondary N) is 1. The topological polar surface area (TPSA) is 224 Å². The van der Waals surface area contributed by atoms with Gasteiger partial charge in [-0.15, -0.1) is 0 Å². The van der Waals surface area contributed by atoms with Gasteiger partial charge in [0.15, 0.2) is 0 Å². The first-order valence-electron chi connectivity index (χ1n) is 13.6. The van der Waals surface area contributed by atoms with Crippen LogP contribution in [0.25, 0.3) is 10.9 Å². The molecule has 0 fully saturated rings. The van der Waals surface area contributed by atoms with Crippen LogP contribution in [-0.4, -0.2) is 78.5 Å². The molecule has 0 unspecified atom stereocenters. The van der Waals surface area contributed by atoms with Crippen molar-refractivity contribution in [3.63, 3.8) is 0 Å². The number of aliphatic carboxylic acids is 3. The molecule has 0 saturated heterocycles. The van der Waals surface area contributed by atoms with Crippen LogP contribution < -0.4 is 16.2 Å². The number of aryl methyl sites for hydroxylation is 1. The average Bonchev–Trinajstić information content (AvgIpc) is 2.95. The van der Waals surface area contributed by atoms with E-state index in [4.69, 9.17) is 15.9 Å². The summed E-state index contributed by atoms with van der Waals surface area (Å²) in [5.74, 6) is -7.62. The van der Waals surface area contributed by atoms with Crippen LogP contribution in [0.2, 0.25) is 0 Å². The van der Waals surface area contributed by atoms with Gasteiger partial charge in [-0.1, -0.05) is 6.07 Å². The molecule has 0 spiro atoms. The summed E-state index contributed by atoms with van der Waals surface area (Å²) in [4.78, 5) is 82.0. The Morgan fingerprint density at radius 2 is 1.70 bits per heavy atom. The van der Waals surface area contributed by atoms with E-state index in [-0.39, 0.29) is 17.0 Å². The summed E-state index contributed by atoms with van der Waals surface area (Å²) in [6, 6.07) is 5.19. The standard InChI is InChI=1S/C29H32FN5O9/c1-3-34(14-16-4-8-22-19(12-16)26(39)33-15(2)32-22)17-5-6-18(20(30)13-17)27(40)35(23(29(43)44)9-11-25(37)38)24(36)10-7-21(31)28(41)42/h4-6,8,12-13,21,23H,3,7,9-11,14,31H2,1-2H3,(H,37,38)(H,41,42)(H,43,44)(H,32,33,39)/t21-,23+/m0/s1. The van der Waals surface area contributed by atoms with Crippen LogP contribution in [0.3, 0.4) is 0 Å². The molecule has 234 valence electrons. The van der Waals surface area contributed by atoms with Crippen LogP contribution in [0.15, 0.2) is 41.2 Å². The van der Waals surface area contributed by atoms with Gasteiger partial charge < -0.3 is 30.9 Å². The quantitative estimate of drug-likeness (QED) is 0.176. The third-order valence-corrected chi connectivity index (χ3v) is 6.89. The number of aromatic amines is 1. The molecule has 14 nitrogen and oxygen atoms in total. The molecule has 3 aromatic rings. The molecule has 0 bridgehead atoms. The number of carboxylic acids is 3. The number of carbonyl (C=O) groups excluding carboxylic acids is 2. The van der Waals surface area contributed by atoms with Crippen LogP contribution >= 0.6 is 0 Å². The van der Waals surface area contributed by atoms with Crippen LogP contribution in [0.1, 0.15) is 54.4 Å². The SMILES string of the molecule is CCN(Cc1ccc2nc(C)[nH]c(=O)c2c1)c1ccc(C(=O)N(C(=O)CC[C@H](N)C(=O)O)[C@H](CCC(=O)O)C(=O)O)c(F)c1. The third-order valence-electron chi connectivity index (χ3n) is 6.89. The predicted octanol–water partition coefficient (Wildman–Crippen LogP) is 1.88. The first-order valence-corrected chi connectivity index (χ1v) is 13.6. The summed E-state index contributed by atoms with van der Waals surface area (Å²) in [7, 11) is 0. The number of hydrogen-bond donors (Lipinski definition) is 5. The number of imide groups is 1. The van der Waals surface area contributed by atoms with E-state index in [0.717, 1.165) is 17.7 Å². The fourth-order valence-electron chi connectivity index (χ4n) is 4.59. The number of hydrogen-bond acceptors (Lipinski definition) is 9. The number of benzene rings is 2. The lowest BCUT2D eigenvalue weighted by atomic mass is 10.0. The highest BCUT2D eigenvalue weighted by Crippen LogP contribution is 2.24. The van der Waals surface area contributed by atoms with Gasteiger partial charge in [0.1, 0.15) is 23.7 Å². The van der Waals surface area contributed by atoms with Gasteiger partial charge in [0.2, 0.25) is 5.91 Å². The molecule has 15 heteroatoms. The van der Waals surface area contributed by atoms with E-state index in [0.29, 0.717) is 29.0 Å². The van der Waals surface area contributed by atoms with Crippen molar-refractivity contribution in [3.05, 3.63) is 69.5 Å². The molecule has 2 aromatic carbocycles. The van der Waals surface area contributed by atoms with E-state index >= 15 is 4.39 Å². The molecule has 0 aliphatic rings. The van der Waals surface area contributed by atoms with E-state index in [1.807, 2.05) is 0 Å². The van der Waals surface area contributed by atoms with E-state index < -0.39 is 78.9 Å². The number of nitrogens with zero attached hydrogens (tertiary/aromatic N) is 3. The number of amides is 2. The second kappa shape index (κ2) is 14.3. The Balaban J connectivity index is 1.93. The predicted molar refractivity (Wildman–Crippen MR) is 155 cm³/mol. The average molecular weight is 614 g/mol. The van der Waals surface area contributed by atoms with Crippen LogP contribution in [0, 0.1) is 12.7 Å². The Labute approximate surface area is 249 Å². The molecule has 1 aromatic heterocycles. The van der Waals surface area contributed by atoms with E-state index in [2.05, 4.69) is 9.97 Å². The van der Waals surface area contributed by atoms with Crippen molar-refractivity contribution in [2.75, 3.05) is 11.4 Å². The highest BCUT2D eigenvalue weighted by atomic mass is 19.1. The molecule has 1 heterocycles. The molecule has 0 aliphatic heterocycles. The maximum atomic E-state index is 15.5. The van der Waals surface area contributed by atoms with Gasteiger partial charge in [0.25, 0.3) is 11.5 Å². The molecule has 3 rings (SSSR count). The highest BCUT2D eigenvalue weighted by molar-refractivity contribution is 6.07. The number of aromatic nitrogens is 2. The number of fused-ring (bicyclic) bond motifs is 1. The Bertz CT molecular complexity index is 1660. The number of rotatable bonds is 14. The second-order valence-electron chi connectivity index (χ2n) is 10.0. The smallest absolute Gasteiger partial charge is 0.326 e. The van der Waals surface area contributed by atoms with E-state index in [1.54, 1.807) is 36.9 Å². The second-order valence-corrected chi connectivity index (χ2v) is 10.0. The first-order chi connectivity index (χ1) is 20.7. The fourth-order valence-corrected chi connectivity index (χ4v) is 4.59. The van der Waals surface area contributed by atoms with Crippen molar-refractivity contribution in [1.29, 1.82) is 0 Å². The minimum atomic E-state index is -1.97. The van der Waals surface area contributed by atoms with Gasteiger partial charge in [-0.05, 0) is 62.6 Å². The monoisotopic (exact) mass is 613 g/mol. The molecule has 6 N–H and O–H groups in total. The van der Waals surface area contributed by atoms with Crippen molar-refractivity contribution < 1.29 is 43.7 Å².